The van der Waals surface area contributed by atoms with Crippen molar-refractivity contribution < 1.29 is 9.90 Å². The molecular formula is C14H21NO2S. The number of amides is 1. The second-order valence-electron chi connectivity index (χ2n) is 4.46. The maximum absolute atomic E-state index is 11.8. The second kappa shape index (κ2) is 8.16. The third kappa shape index (κ3) is 5.10. The van der Waals surface area contributed by atoms with Crippen LogP contribution in [0.3, 0.4) is 0 Å². The Kier molecular flexibility index (Phi) is 6.83. The number of aliphatic hydroxyl groups excluding tert-OH is 1. The topological polar surface area (TPSA) is 49.3 Å². The van der Waals surface area contributed by atoms with Gasteiger partial charge in [0.15, 0.2) is 0 Å². The monoisotopic (exact) mass is 267 g/mol. The number of carbonyl (C=O) groups excluding carboxylic acids is 1. The van der Waals surface area contributed by atoms with Gasteiger partial charge in [0.25, 0.3) is 5.91 Å². The molecule has 1 aromatic rings. The van der Waals surface area contributed by atoms with Gasteiger partial charge in [0.2, 0.25) is 0 Å². The summed E-state index contributed by atoms with van der Waals surface area (Å²) in [4.78, 5) is 11.8. The van der Waals surface area contributed by atoms with Crippen molar-refractivity contribution in [3.05, 3.63) is 35.4 Å². The SMILES string of the molecule is CSCc1ccc(C(=O)NCC(C)CCO)cc1. The number of hydrogen-bond acceptors (Lipinski definition) is 3. The summed E-state index contributed by atoms with van der Waals surface area (Å²) >= 11 is 1.76. The number of aliphatic hydroxyl groups is 1. The molecule has 0 aliphatic carbocycles. The maximum atomic E-state index is 11.8. The minimum Gasteiger partial charge on any atom is -0.396 e. The van der Waals surface area contributed by atoms with E-state index in [1.54, 1.807) is 11.8 Å². The molecular weight excluding hydrogens is 246 g/mol. The first-order valence-corrected chi connectivity index (χ1v) is 7.53. The zero-order valence-electron chi connectivity index (χ0n) is 11.0. The Balaban J connectivity index is 2.46. The van der Waals surface area contributed by atoms with Crippen molar-refractivity contribution in [2.75, 3.05) is 19.4 Å². The molecule has 0 aliphatic heterocycles. The van der Waals surface area contributed by atoms with E-state index in [4.69, 9.17) is 5.11 Å². The summed E-state index contributed by atoms with van der Waals surface area (Å²) in [5, 5.41) is 11.7. The lowest BCUT2D eigenvalue weighted by atomic mass is 10.1. The van der Waals surface area contributed by atoms with Crippen molar-refractivity contribution >= 4 is 17.7 Å². The Morgan fingerprint density at radius 1 is 1.39 bits per heavy atom. The number of benzene rings is 1. The molecule has 1 atom stereocenters. The van der Waals surface area contributed by atoms with E-state index >= 15 is 0 Å². The molecule has 0 spiro atoms. The minimum atomic E-state index is -0.0458. The zero-order valence-corrected chi connectivity index (χ0v) is 11.8. The molecule has 0 saturated carbocycles. The fourth-order valence-electron chi connectivity index (χ4n) is 1.61. The van der Waals surface area contributed by atoms with E-state index in [0.29, 0.717) is 24.4 Å². The third-order valence-corrected chi connectivity index (χ3v) is 3.38. The quantitative estimate of drug-likeness (QED) is 0.797. The summed E-state index contributed by atoms with van der Waals surface area (Å²) in [6.07, 6.45) is 2.77. The highest BCUT2D eigenvalue weighted by Gasteiger charge is 2.07. The van der Waals surface area contributed by atoms with Gasteiger partial charge in [0, 0.05) is 24.5 Å². The Morgan fingerprint density at radius 2 is 2.06 bits per heavy atom. The van der Waals surface area contributed by atoms with Crippen molar-refractivity contribution in [1.29, 1.82) is 0 Å². The third-order valence-electron chi connectivity index (χ3n) is 2.76. The Hall–Kier alpha value is -1.00. The van der Waals surface area contributed by atoms with Crippen LogP contribution in [-0.2, 0) is 5.75 Å². The normalized spacial score (nSPS) is 12.2. The predicted molar refractivity (Wildman–Crippen MR) is 76.9 cm³/mol. The van der Waals surface area contributed by atoms with Crippen LogP contribution in [0.4, 0.5) is 0 Å². The molecule has 100 valence electrons. The van der Waals surface area contributed by atoms with E-state index in [9.17, 15) is 4.79 Å². The molecule has 0 aromatic heterocycles. The van der Waals surface area contributed by atoms with Gasteiger partial charge in [0.05, 0.1) is 0 Å². The first-order chi connectivity index (χ1) is 8.67. The largest absolute Gasteiger partial charge is 0.396 e. The van der Waals surface area contributed by atoms with E-state index in [1.165, 1.54) is 5.56 Å². The van der Waals surface area contributed by atoms with Crippen molar-refractivity contribution in [1.82, 2.24) is 5.32 Å². The molecule has 18 heavy (non-hydrogen) atoms. The molecule has 3 nitrogen and oxygen atoms in total. The summed E-state index contributed by atoms with van der Waals surface area (Å²) < 4.78 is 0. The van der Waals surface area contributed by atoms with E-state index in [2.05, 4.69) is 11.6 Å². The minimum absolute atomic E-state index is 0.0458. The molecule has 1 aromatic carbocycles. The van der Waals surface area contributed by atoms with E-state index in [0.717, 1.165) is 5.75 Å². The molecule has 1 amide bonds. The van der Waals surface area contributed by atoms with E-state index in [1.807, 2.05) is 31.2 Å². The molecule has 0 bridgehead atoms. The average molecular weight is 267 g/mol. The first kappa shape index (κ1) is 15.1. The highest BCUT2D eigenvalue weighted by Crippen LogP contribution is 2.10. The van der Waals surface area contributed by atoms with Gasteiger partial charge in [-0.25, -0.2) is 0 Å². The lowest BCUT2D eigenvalue weighted by molar-refractivity contribution is 0.0945. The van der Waals surface area contributed by atoms with Crippen LogP contribution in [-0.4, -0.2) is 30.4 Å². The lowest BCUT2D eigenvalue weighted by Crippen LogP contribution is -2.28. The molecule has 0 radical (unpaired) electrons. The summed E-state index contributed by atoms with van der Waals surface area (Å²) in [7, 11) is 0. The van der Waals surface area contributed by atoms with Crippen LogP contribution < -0.4 is 5.32 Å². The fourth-order valence-corrected chi connectivity index (χ4v) is 2.14. The van der Waals surface area contributed by atoms with Gasteiger partial charge in [-0.15, -0.1) is 0 Å². The molecule has 0 fully saturated rings. The molecule has 0 saturated heterocycles. The zero-order chi connectivity index (χ0) is 13.4. The van der Waals surface area contributed by atoms with Crippen LogP contribution in [0, 0.1) is 5.92 Å². The smallest absolute Gasteiger partial charge is 0.251 e. The number of hydrogen-bond donors (Lipinski definition) is 2. The van der Waals surface area contributed by atoms with Gasteiger partial charge in [-0.05, 0) is 36.3 Å². The van der Waals surface area contributed by atoms with Gasteiger partial charge in [0.1, 0.15) is 0 Å². The van der Waals surface area contributed by atoms with Gasteiger partial charge in [-0.3, -0.25) is 4.79 Å². The number of thioether (sulfide) groups is 1. The fraction of sp³-hybridized carbons (Fsp3) is 0.500. The van der Waals surface area contributed by atoms with Crippen LogP contribution in [0.2, 0.25) is 0 Å². The van der Waals surface area contributed by atoms with E-state index < -0.39 is 0 Å². The second-order valence-corrected chi connectivity index (χ2v) is 5.32. The van der Waals surface area contributed by atoms with E-state index in [-0.39, 0.29) is 12.5 Å². The summed E-state index contributed by atoms with van der Waals surface area (Å²) in [6, 6.07) is 7.69. The number of rotatable bonds is 7. The molecule has 4 heteroatoms. The summed E-state index contributed by atoms with van der Waals surface area (Å²) in [5.74, 6) is 1.22. The average Bonchev–Trinajstić information content (AvgIpc) is 2.37. The molecule has 0 aliphatic rings. The molecule has 0 heterocycles. The predicted octanol–water partition coefficient (Wildman–Crippen LogP) is 2.30. The highest BCUT2D eigenvalue weighted by molar-refractivity contribution is 7.97. The number of carbonyl (C=O) groups is 1. The first-order valence-electron chi connectivity index (χ1n) is 6.14. The van der Waals surface area contributed by atoms with Crippen molar-refractivity contribution in [3.63, 3.8) is 0 Å². The Morgan fingerprint density at radius 3 is 2.61 bits per heavy atom. The van der Waals surface area contributed by atoms with Gasteiger partial charge in [-0.1, -0.05) is 19.1 Å². The van der Waals surface area contributed by atoms with Crippen LogP contribution in [0.25, 0.3) is 0 Å². The van der Waals surface area contributed by atoms with Crippen LogP contribution in [0.1, 0.15) is 29.3 Å². The summed E-state index contributed by atoms with van der Waals surface area (Å²) in [6.45, 7) is 2.78. The highest BCUT2D eigenvalue weighted by atomic mass is 32.2. The Labute approximate surface area is 113 Å². The van der Waals surface area contributed by atoms with Crippen molar-refractivity contribution in [2.24, 2.45) is 5.92 Å². The maximum Gasteiger partial charge on any atom is 0.251 e. The van der Waals surface area contributed by atoms with Gasteiger partial charge in [-0.2, -0.15) is 11.8 Å². The standard InChI is InChI=1S/C14H21NO2S/c1-11(7-8-16)9-15-14(17)13-5-3-12(4-6-13)10-18-2/h3-6,11,16H,7-10H2,1-2H3,(H,15,17). The van der Waals surface area contributed by atoms with Crippen LogP contribution >= 0.6 is 11.8 Å². The number of nitrogens with one attached hydrogen (secondary N) is 1. The Bertz CT molecular complexity index is 365. The summed E-state index contributed by atoms with van der Waals surface area (Å²) in [5.41, 5.74) is 1.92. The van der Waals surface area contributed by atoms with Crippen LogP contribution in [0.15, 0.2) is 24.3 Å². The van der Waals surface area contributed by atoms with Crippen molar-refractivity contribution in [3.8, 4) is 0 Å². The van der Waals surface area contributed by atoms with Gasteiger partial charge < -0.3 is 10.4 Å². The molecule has 1 rings (SSSR count). The molecule has 1 unspecified atom stereocenters. The van der Waals surface area contributed by atoms with Gasteiger partial charge >= 0.3 is 0 Å². The van der Waals surface area contributed by atoms with Crippen molar-refractivity contribution in [2.45, 2.75) is 19.1 Å². The molecule has 2 N–H and O–H groups in total. The van der Waals surface area contributed by atoms with Crippen LogP contribution in [0.5, 0.6) is 0 Å². The lowest BCUT2D eigenvalue weighted by Gasteiger charge is -2.11.